The normalized spacial score (nSPS) is 11.1. The zero-order valence-corrected chi connectivity index (χ0v) is 17.1. The topological polar surface area (TPSA) is 99.6 Å². The first kappa shape index (κ1) is 20.6. The van der Waals surface area contributed by atoms with Crippen LogP contribution in [0.15, 0.2) is 59.8 Å². The van der Waals surface area contributed by atoms with Crippen molar-refractivity contribution < 1.29 is 22.6 Å². The number of benzene rings is 2. The summed E-state index contributed by atoms with van der Waals surface area (Å²) < 4.78 is 43.3. The Morgan fingerprint density at radius 3 is 2.24 bits per heavy atom. The molecule has 2 aromatic carbocycles. The van der Waals surface area contributed by atoms with Crippen molar-refractivity contribution >= 4 is 10.0 Å². The lowest BCUT2D eigenvalue weighted by molar-refractivity contribution is 0.354. The molecule has 0 radical (unpaired) electrons. The summed E-state index contributed by atoms with van der Waals surface area (Å²) in [5.74, 6) is 1.52. The minimum Gasteiger partial charge on any atom is -0.497 e. The van der Waals surface area contributed by atoms with Crippen LogP contribution in [-0.4, -0.2) is 39.7 Å². The lowest BCUT2D eigenvalue weighted by atomic mass is 10.1. The van der Waals surface area contributed by atoms with Gasteiger partial charge in [-0.2, -0.15) is 0 Å². The van der Waals surface area contributed by atoms with Gasteiger partial charge in [-0.15, -0.1) is 0 Å². The van der Waals surface area contributed by atoms with Crippen LogP contribution in [0.5, 0.6) is 17.2 Å². The molecule has 0 spiro atoms. The van der Waals surface area contributed by atoms with Gasteiger partial charge >= 0.3 is 0 Å². The third-order valence-electron chi connectivity index (χ3n) is 4.22. The van der Waals surface area contributed by atoms with E-state index in [4.69, 9.17) is 14.2 Å². The van der Waals surface area contributed by atoms with E-state index < -0.39 is 10.0 Å². The van der Waals surface area contributed by atoms with Crippen molar-refractivity contribution in [2.24, 2.45) is 0 Å². The molecule has 0 bridgehead atoms. The molecule has 8 nitrogen and oxygen atoms in total. The van der Waals surface area contributed by atoms with Gasteiger partial charge in [0.1, 0.15) is 12.1 Å². The predicted molar refractivity (Wildman–Crippen MR) is 108 cm³/mol. The highest BCUT2D eigenvalue weighted by atomic mass is 32.2. The molecular formula is C20H21N3O5S. The number of ether oxygens (including phenoxy) is 3. The van der Waals surface area contributed by atoms with Crippen LogP contribution >= 0.6 is 0 Å². The van der Waals surface area contributed by atoms with E-state index in [1.165, 1.54) is 32.7 Å². The molecule has 0 aliphatic rings. The summed E-state index contributed by atoms with van der Waals surface area (Å²) in [6.45, 7) is 0.0162. The number of rotatable bonds is 8. The Morgan fingerprint density at radius 2 is 1.59 bits per heavy atom. The molecule has 3 aromatic rings. The molecule has 0 fully saturated rings. The first-order valence-electron chi connectivity index (χ1n) is 8.64. The zero-order chi connectivity index (χ0) is 20.9. The number of nitrogens with zero attached hydrogens (tertiary/aromatic N) is 2. The van der Waals surface area contributed by atoms with Gasteiger partial charge in [-0.1, -0.05) is 0 Å². The van der Waals surface area contributed by atoms with Gasteiger partial charge in [0, 0.05) is 11.6 Å². The zero-order valence-electron chi connectivity index (χ0n) is 16.2. The largest absolute Gasteiger partial charge is 0.497 e. The smallest absolute Gasteiger partial charge is 0.241 e. The lowest BCUT2D eigenvalue weighted by Gasteiger charge is -2.11. The minimum absolute atomic E-state index is 0.0162. The number of hydrogen-bond donors (Lipinski definition) is 1. The second-order valence-corrected chi connectivity index (χ2v) is 7.73. The van der Waals surface area contributed by atoms with Crippen molar-refractivity contribution in [3.63, 3.8) is 0 Å². The first-order valence-corrected chi connectivity index (χ1v) is 10.1. The molecular weight excluding hydrogens is 394 g/mol. The van der Waals surface area contributed by atoms with E-state index in [9.17, 15) is 8.42 Å². The van der Waals surface area contributed by atoms with E-state index in [0.717, 1.165) is 11.3 Å². The highest BCUT2D eigenvalue weighted by molar-refractivity contribution is 7.89. The van der Waals surface area contributed by atoms with Crippen LogP contribution in [0.3, 0.4) is 0 Å². The molecule has 0 saturated carbocycles. The quantitative estimate of drug-likeness (QED) is 0.604. The van der Waals surface area contributed by atoms with Crippen molar-refractivity contribution in [3.05, 3.63) is 60.6 Å². The molecule has 0 unspecified atom stereocenters. The van der Waals surface area contributed by atoms with E-state index in [2.05, 4.69) is 14.7 Å². The summed E-state index contributed by atoms with van der Waals surface area (Å²) in [6.07, 6.45) is 1.40. The maximum absolute atomic E-state index is 12.6. The third kappa shape index (κ3) is 4.82. The fourth-order valence-electron chi connectivity index (χ4n) is 2.65. The van der Waals surface area contributed by atoms with E-state index in [0.29, 0.717) is 22.9 Å². The number of aromatic nitrogens is 2. The predicted octanol–water partition coefficient (Wildman–Crippen LogP) is 2.65. The molecule has 0 aliphatic carbocycles. The Labute approximate surface area is 169 Å². The van der Waals surface area contributed by atoms with Crippen molar-refractivity contribution in [2.75, 3.05) is 21.3 Å². The Hall–Kier alpha value is -3.17. The second kappa shape index (κ2) is 8.89. The molecule has 1 aromatic heterocycles. The van der Waals surface area contributed by atoms with Crippen LogP contribution in [0, 0.1) is 0 Å². The molecule has 0 amide bonds. The van der Waals surface area contributed by atoms with Crippen LogP contribution in [-0.2, 0) is 16.6 Å². The number of sulfonamides is 1. The highest BCUT2D eigenvalue weighted by Gasteiger charge is 2.17. The Balaban J connectivity index is 1.77. The summed E-state index contributed by atoms with van der Waals surface area (Å²) in [5.41, 5.74) is 2.09. The van der Waals surface area contributed by atoms with Gasteiger partial charge in [0.25, 0.3) is 0 Å². The Kier molecular flexibility index (Phi) is 6.30. The fourth-order valence-corrected chi connectivity index (χ4v) is 3.66. The van der Waals surface area contributed by atoms with Crippen LogP contribution in [0.1, 0.15) is 5.69 Å². The van der Waals surface area contributed by atoms with Crippen molar-refractivity contribution in [2.45, 2.75) is 11.4 Å². The van der Waals surface area contributed by atoms with Crippen LogP contribution in [0.25, 0.3) is 11.3 Å². The molecule has 9 heteroatoms. The Morgan fingerprint density at radius 1 is 0.862 bits per heavy atom. The summed E-state index contributed by atoms with van der Waals surface area (Å²) in [6, 6.07) is 13.5. The van der Waals surface area contributed by atoms with Gasteiger partial charge in [-0.25, -0.2) is 23.1 Å². The number of hydrogen-bond acceptors (Lipinski definition) is 7. The molecule has 29 heavy (non-hydrogen) atoms. The van der Waals surface area contributed by atoms with E-state index in [1.807, 2.05) is 24.3 Å². The standard InChI is InChI=1S/C20H21N3O5S/c1-26-16-6-4-14(5-7-16)18-10-15(21-13-22-18)12-23-29(24,25)17-8-9-19(27-2)20(11-17)28-3/h4-11,13,23H,12H2,1-3H3. The van der Waals surface area contributed by atoms with Crippen molar-refractivity contribution in [1.29, 1.82) is 0 Å². The fraction of sp³-hybridized carbons (Fsp3) is 0.200. The average Bonchev–Trinajstić information content (AvgIpc) is 2.77. The van der Waals surface area contributed by atoms with E-state index >= 15 is 0 Å². The third-order valence-corrected chi connectivity index (χ3v) is 5.62. The number of nitrogens with one attached hydrogen (secondary N) is 1. The lowest BCUT2D eigenvalue weighted by Crippen LogP contribution is -2.23. The first-order chi connectivity index (χ1) is 14.0. The second-order valence-electron chi connectivity index (χ2n) is 5.96. The summed E-state index contributed by atoms with van der Waals surface area (Å²) in [5, 5.41) is 0. The average molecular weight is 415 g/mol. The van der Waals surface area contributed by atoms with Gasteiger partial charge in [-0.3, -0.25) is 0 Å². The van der Waals surface area contributed by atoms with E-state index in [-0.39, 0.29) is 11.4 Å². The van der Waals surface area contributed by atoms with Crippen LogP contribution in [0.2, 0.25) is 0 Å². The minimum atomic E-state index is -3.77. The van der Waals surface area contributed by atoms with Gasteiger partial charge in [-0.05, 0) is 42.5 Å². The Bertz CT molecular complexity index is 1090. The van der Waals surface area contributed by atoms with Crippen molar-refractivity contribution in [3.8, 4) is 28.5 Å². The molecule has 1 heterocycles. The maximum atomic E-state index is 12.6. The number of methoxy groups -OCH3 is 3. The SMILES string of the molecule is COc1ccc(-c2cc(CNS(=O)(=O)c3ccc(OC)c(OC)c3)ncn2)cc1. The summed E-state index contributed by atoms with van der Waals surface area (Å²) in [4.78, 5) is 8.47. The van der Waals surface area contributed by atoms with Crippen LogP contribution in [0.4, 0.5) is 0 Å². The summed E-state index contributed by atoms with van der Waals surface area (Å²) >= 11 is 0. The summed E-state index contributed by atoms with van der Waals surface area (Å²) in [7, 11) is 0.768. The molecule has 0 aliphatic heterocycles. The van der Waals surface area contributed by atoms with Crippen LogP contribution < -0.4 is 18.9 Å². The van der Waals surface area contributed by atoms with E-state index in [1.54, 1.807) is 19.2 Å². The highest BCUT2D eigenvalue weighted by Crippen LogP contribution is 2.29. The van der Waals surface area contributed by atoms with Gasteiger partial charge in [0.2, 0.25) is 10.0 Å². The van der Waals surface area contributed by atoms with Gasteiger partial charge in [0.15, 0.2) is 11.5 Å². The van der Waals surface area contributed by atoms with Gasteiger partial charge < -0.3 is 14.2 Å². The molecule has 0 saturated heterocycles. The van der Waals surface area contributed by atoms with Gasteiger partial charge in [0.05, 0.1) is 44.2 Å². The molecule has 1 N–H and O–H groups in total. The molecule has 0 atom stereocenters. The maximum Gasteiger partial charge on any atom is 0.241 e. The monoisotopic (exact) mass is 415 g/mol. The van der Waals surface area contributed by atoms with Crippen molar-refractivity contribution in [1.82, 2.24) is 14.7 Å². The molecule has 152 valence electrons. The molecule has 3 rings (SSSR count).